The van der Waals surface area contributed by atoms with Crippen LogP contribution in [0.5, 0.6) is 0 Å². The maximum absolute atomic E-state index is 13.1. The number of ether oxygens (including phenoxy) is 3. The summed E-state index contributed by atoms with van der Waals surface area (Å²) in [5.74, 6) is -1.26. The van der Waals surface area contributed by atoms with E-state index in [0.29, 0.717) is 51.4 Å². The number of rotatable bonds is 10. The van der Waals surface area contributed by atoms with E-state index in [4.69, 9.17) is 14.2 Å². The molecule has 11 nitrogen and oxygen atoms in total. The summed E-state index contributed by atoms with van der Waals surface area (Å²) >= 11 is 0. The molecule has 1 atom stereocenters. The topological polar surface area (TPSA) is 115 Å². The first-order valence-corrected chi connectivity index (χ1v) is 18.9. The van der Waals surface area contributed by atoms with Crippen molar-refractivity contribution in [2.24, 2.45) is 0 Å². The minimum atomic E-state index is -1.18. The zero-order valence-corrected chi connectivity index (χ0v) is 27.3. The number of aromatic nitrogens is 2. The number of aryl methyl sites for hydroxylation is 1. The van der Waals surface area contributed by atoms with Crippen molar-refractivity contribution in [1.29, 1.82) is 0 Å². The smallest absolute Gasteiger partial charge is 0.409 e. The quantitative estimate of drug-likeness (QED) is 0.179. The predicted molar refractivity (Wildman–Crippen MR) is 170 cm³/mol. The number of hydrogen-bond acceptors (Lipinski definition) is 7. The summed E-state index contributed by atoms with van der Waals surface area (Å²) in [5, 5.41) is 8.51. The van der Waals surface area contributed by atoms with Crippen molar-refractivity contribution >= 4 is 42.8 Å². The highest BCUT2D eigenvalue weighted by atomic mass is 28.3. The number of urea groups is 1. The molecule has 1 aromatic heterocycles. The van der Waals surface area contributed by atoms with Crippen LogP contribution in [0.25, 0.3) is 10.9 Å². The third-order valence-corrected chi connectivity index (χ3v) is 10.1. The summed E-state index contributed by atoms with van der Waals surface area (Å²) in [6, 6.07) is 12.6. The monoisotopic (exact) mass is 621 g/mol. The number of esters is 1. The molecule has 1 fully saturated rings. The number of hydrogen-bond donors (Lipinski definition) is 1. The number of piperidine rings is 1. The summed E-state index contributed by atoms with van der Waals surface area (Å²) < 4.78 is 18.4. The molecule has 3 amide bonds. The van der Waals surface area contributed by atoms with Crippen molar-refractivity contribution in [2.75, 3.05) is 38.7 Å². The van der Waals surface area contributed by atoms with Crippen LogP contribution in [0.1, 0.15) is 35.4 Å². The van der Waals surface area contributed by atoms with Crippen molar-refractivity contribution in [3.8, 4) is 0 Å². The van der Waals surface area contributed by atoms with E-state index >= 15 is 0 Å². The van der Waals surface area contributed by atoms with Gasteiger partial charge in [-0.15, -0.1) is 0 Å². The lowest BCUT2D eigenvalue weighted by atomic mass is 9.96. The maximum atomic E-state index is 13.1. The van der Waals surface area contributed by atoms with Crippen LogP contribution >= 0.6 is 0 Å². The number of carbonyl (C=O) groups is 3. The Balaban J connectivity index is 1.18. The lowest BCUT2D eigenvalue weighted by molar-refractivity contribution is -0.143. The van der Waals surface area contributed by atoms with E-state index in [9.17, 15) is 14.4 Å². The summed E-state index contributed by atoms with van der Waals surface area (Å²) in [7, 11) is 0.156. The van der Waals surface area contributed by atoms with Gasteiger partial charge in [0, 0.05) is 57.6 Å². The van der Waals surface area contributed by atoms with Crippen molar-refractivity contribution in [1.82, 2.24) is 19.6 Å². The number of carbonyl (C=O) groups excluding carboxylic acids is 3. The molecule has 0 saturated carbocycles. The summed E-state index contributed by atoms with van der Waals surface area (Å²) in [6.07, 6.45) is 2.72. The predicted octanol–water partition coefficient (Wildman–Crippen LogP) is 5.56. The molecule has 236 valence electrons. The van der Waals surface area contributed by atoms with Crippen molar-refractivity contribution in [3.63, 3.8) is 0 Å². The molecule has 3 heterocycles. The highest BCUT2D eigenvalue weighted by Crippen LogP contribution is 2.29. The Kier molecular flexibility index (Phi) is 9.59. The number of nitrogens with zero attached hydrogens (tertiary/aromatic N) is 4. The van der Waals surface area contributed by atoms with Gasteiger partial charge in [-0.2, -0.15) is 5.10 Å². The second-order valence-electron chi connectivity index (χ2n) is 12.9. The molecular weight excluding hydrogens is 578 g/mol. The average Bonchev–Trinajstić information content (AvgIpc) is 3.42. The molecule has 1 N–H and O–H groups in total. The van der Waals surface area contributed by atoms with Crippen molar-refractivity contribution in [3.05, 3.63) is 59.3 Å². The van der Waals surface area contributed by atoms with Gasteiger partial charge in [0.25, 0.3) is 0 Å². The van der Waals surface area contributed by atoms with E-state index in [0.717, 1.165) is 33.8 Å². The Morgan fingerprint density at radius 2 is 1.89 bits per heavy atom. The molecule has 2 aromatic carbocycles. The largest absolute Gasteiger partial charge is 0.468 e. The molecule has 44 heavy (non-hydrogen) atoms. The van der Waals surface area contributed by atoms with E-state index in [1.54, 1.807) is 9.58 Å². The van der Waals surface area contributed by atoms with E-state index in [1.165, 1.54) is 7.11 Å². The van der Waals surface area contributed by atoms with Gasteiger partial charge in [-0.05, 0) is 54.6 Å². The van der Waals surface area contributed by atoms with E-state index < -0.39 is 26.1 Å². The third-order valence-electron chi connectivity index (χ3n) is 8.37. The maximum Gasteiger partial charge on any atom is 0.409 e. The fourth-order valence-electron chi connectivity index (χ4n) is 5.76. The van der Waals surface area contributed by atoms with E-state index in [1.807, 2.05) is 54.4 Å². The second kappa shape index (κ2) is 13.4. The molecule has 2 aliphatic heterocycles. The van der Waals surface area contributed by atoms with Crippen LogP contribution in [0, 0.1) is 6.92 Å². The number of nitrogens with one attached hydrogen (secondary N) is 1. The normalized spacial score (nSPS) is 16.4. The number of anilines is 1. The lowest BCUT2D eigenvalue weighted by Gasteiger charge is -2.40. The number of amides is 3. The minimum absolute atomic E-state index is 0.0246. The van der Waals surface area contributed by atoms with Crippen LogP contribution in [0.3, 0.4) is 0 Å². The van der Waals surface area contributed by atoms with E-state index in [2.05, 4.69) is 30.1 Å². The molecule has 0 spiro atoms. The van der Waals surface area contributed by atoms with Gasteiger partial charge in [0.05, 0.1) is 12.6 Å². The SMILES string of the molecule is COC(=O)C(COC(=O)N1CCC(N2Cc3ccccc3NC2=O)CC1)c1cc(C)c2nn(COCC[Si](C)(C)C)cc2c1. The molecule has 5 rings (SSSR count). The fourth-order valence-corrected chi connectivity index (χ4v) is 6.51. The Labute approximate surface area is 259 Å². The number of para-hydroxylation sites is 1. The van der Waals surface area contributed by atoms with Crippen LogP contribution in [0.2, 0.25) is 25.7 Å². The number of likely N-dealkylation sites (tertiary alicyclic amines) is 1. The Morgan fingerprint density at radius 3 is 2.61 bits per heavy atom. The molecule has 0 bridgehead atoms. The second-order valence-corrected chi connectivity index (χ2v) is 18.5. The zero-order chi connectivity index (χ0) is 31.4. The van der Waals surface area contributed by atoms with Crippen molar-refractivity contribution in [2.45, 2.75) is 70.7 Å². The Bertz CT molecular complexity index is 1510. The van der Waals surface area contributed by atoms with Gasteiger partial charge in [0.15, 0.2) is 0 Å². The highest BCUT2D eigenvalue weighted by molar-refractivity contribution is 6.76. The zero-order valence-electron chi connectivity index (χ0n) is 26.3. The summed E-state index contributed by atoms with van der Waals surface area (Å²) in [6.45, 7) is 11.3. The summed E-state index contributed by atoms with van der Waals surface area (Å²) in [4.78, 5) is 42.1. The van der Waals surface area contributed by atoms with Gasteiger partial charge in [-0.1, -0.05) is 43.9 Å². The Morgan fingerprint density at radius 1 is 1.14 bits per heavy atom. The fraction of sp³-hybridized carbons (Fsp3) is 0.500. The first kappa shape index (κ1) is 31.5. The molecular formula is C32H43N5O6Si. The van der Waals surface area contributed by atoms with Gasteiger partial charge < -0.3 is 29.3 Å². The molecule has 1 saturated heterocycles. The van der Waals surface area contributed by atoms with Gasteiger partial charge >= 0.3 is 18.1 Å². The van der Waals surface area contributed by atoms with Crippen LogP contribution in [-0.2, 0) is 32.3 Å². The molecule has 2 aliphatic rings. The average molecular weight is 622 g/mol. The summed E-state index contributed by atoms with van der Waals surface area (Å²) in [5.41, 5.74) is 4.36. The molecule has 3 aromatic rings. The third kappa shape index (κ3) is 7.41. The van der Waals surface area contributed by atoms with Crippen LogP contribution in [0.15, 0.2) is 42.6 Å². The first-order chi connectivity index (χ1) is 21.0. The van der Waals surface area contributed by atoms with Crippen LogP contribution in [-0.4, -0.2) is 85.2 Å². The molecule has 1 unspecified atom stereocenters. The lowest BCUT2D eigenvalue weighted by Crippen LogP contribution is -2.51. The minimum Gasteiger partial charge on any atom is -0.468 e. The Hall–Kier alpha value is -3.90. The van der Waals surface area contributed by atoms with Crippen LogP contribution in [0.4, 0.5) is 15.3 Å². The first-order valence-electron chi connectivity index (χ1n) is 15.2. The number of fused-ring (bicyclic) bond motifs is 2. The van der Waals surface area contributed by atoms with Gasteiger partial charge in [-0.3, -0.25) is 4.79 Å². The number of benzene rings is 2. The highest BCUT2D eigenvalue weighted by Gasteiger charge is 2.34. The van der Waals surface area contributed by atoms with E-state index in [-0.39, 0.29) is 18.7 Å². The molecule has 12 heteroatoms. The van der Waals surface area contributed by atoms with Crippen LogP contribution < -0.4 is 5.32 Å². The van der Waals surface area contributed by atoms with Crippen molar-refractivity contribution < 1.29 is 28.6 Å². The number of methoxy groups -OCH3 is 1. The van der Waals surface area contributed by atoms with Gasteiger partial charge in [-0.25, -0.2) is 14.3 Å². The standard InChI is InChI=1S/C32H43N5O6Si/c1-22-16-24(17-25-18-36(34-29(22)25)21-42-14-15-44(3,4)5)27(30(38)41-2)20-43-32(40)35-12-10-26(11-13-35)37-19-23-8-6-7-9-28(23)33-31(37)39/h6-9,16-18,26-27H,10-15,19-21H2,1-5H3,(H,33,39). The molecule has 0 radical (unpaired) electrons. The molecule has 0 aliphatic carbocycles. The van der Waals surface area contributed by atoms with Gasteiger partial charge in [0.1, 0.15) is 19.3 Å². The van der Waals surface area contributed by atoms with Gasteiger partial charge in [0.2, 0.25) is 0 Å².